The van der Waals surface area contributed by atoms with Gasteiger partial charge in [0.25, 0.3) is 0 Å². The lowest BCUT2D eigenvalue weighted by molar-refractivity contribution is -0.124. The number of nitrogens with one attached hydrogen (secondary N) is 1. The third-order valence-electron chi connectivity index (χ3n) is 5.81. The summed E-state index contributed by atoms with van der Waals surface area (Å²) in [6, 6.07) is 5.77. The zero-order valence-corrected chi connectivity index (χ0v) is 21.1. The van der Waals surface area contributed by atoms with E-state index in [1.807, 2.05) is 0 Å². The molecule has 3 aromatic rings. The quantitative estimate of drug-likeness (QED) is 0.426. The summed E-state index contributed by atoms with van der Waals surface area (Å²) in [5, 5.41) is 2.60. The molecule has 1 aliphatic rings. The van der Waals surface area contributed by atoms with Crippen molar-refractivity contribution >= 4 is 15.9 Å². The second-order valence-electron chi connectivity index (χ2n) is 8.68. The highest BCUT2D eigenvalue weighted by Crippen LogP contribution is 2.29. The van der Waals surface area contributed by atoms with Gasteiger partial charge in [0, 0.05) is 50.5 Å². The van der Waals surface area contributed by atoms with E-state index in [0.717, 1.165) is 28.6 Å². The SMILES string of the molecule is COc1cc(CNC(=O)[C@@H]2C[C@@H](F)CN2S(=O)(=O)c2ccc(F)cc2)cc(-c2cnc(C(C)(F)F)nc2)n1. The standard InChI is InChI=1S/C24H23F4N5O4S/c1-24(27,28)23-30-11-15(12-31-23)19-7-14(8-21(32-19)37-2)10-29-22(34)20-9-17(26)13-33(20)38(35,36)18-5-3-16(25)4-6-18/h3-8,11-12,17,20H,9-10,13H2,1-2H3,(H,29,34)/t17-,20+/m1/s1. The number of pyridine rings is 1. The lowest BCUT2D eigenvalue weighted by Gasteiger charge is -2.23. The van der Waals surface area contributed by atoms with E-state index in [1.165, 1.54) is 25.6 Å². The molecule has 202 valence electrons. The number of sulfonamides is 1. The topological polar surface area (TPSA) is 114 Å². The van der Waals surface area contributed by atoms with Gasteiger partial charge in [0.05, 0.1) is 17.7 Å². The first-order valence-corrected chi connectivity index (χ1v) is 12.8. The maximum Gasteiger partial charge on any atom is 0.303 e. The fraction of sp³-hybridized carbons (Fsp3) is 0.333. The molecule has 0 saturated carbocycles. The Morgan fingerprint density at radius 3 is 2.45 bits per heavy atom. The van der Waals surface area contributed by atoms with Crippen LogP contribution in [0, 0.1) is 5.82 Å². The molecule has 1 aromatic carbocycles. The Hall–Kier alpha value is -3.65. The molecule has 38 heavy (non-hydrogen) atoms. The largest absolute Gasteiger partial charge is 0.481 e. The highest BCUT2D eigenvalue weighted by atomic mass is 32.2. The van der Waals surface area contributed by atoms with Gasteiger partial charge in [-0.25, -0.2) is 32.2 Å². The van der Waals surface area contributed by atoms with Crippen LogP contribution in [0.3, 0.4) is 0 Å². The van der Waals surface area contributed by atoms with Crippen molar-refractivity contribution in [1.82, 2.24) is 24.6 Å². The molecule has 3 heterocycles. The average molecular weight is 554 g/mol. The Morgan fingerprint density at radius 1 is 1.18 bits per heavy atom. The molecular weight excluding hydrogens is 530 g/mol. The van der Waals surface area contributed by atoms with Crippen LogP contribution < -0.4 is 10.1 Å². The van der Waals surface area contributed by atoms with E-state index in [9.17, 15) is 30.8 Å². The first-order valence-electron chi connectivity index (χ1n) is 11.3. The van der Waals surface area contributed by atoms with E-state index in [-0.39, 0.29) is 29.4 Å². The number of carbonyl (C=O) groups excluding carboxylic acids is 1. The fourth-order valence-corrected chi connectivity index (χ4v) is 5.54. The number of aromatic nitrogens is 3. The number of alkyl halides is 3. The number of halogens is 4. The molecule has 0 radical (unpaired) electrons. The molecule has 2 atom stereocenters. The van der Waals surface area contributed by atoms with E-state index < -0.39 is 52.3 Å². The minimum absolute atomic E-state index is 0.103. The number of carbonyl (C=O) groups is 1. The summed E-state index contributed by atoms with van der Waals surface area (Å²) >= 11 is 0. The Morgan fingerprint density at radius 2 is 1.84 bits per heavy atom. The van der Waals surface area contributed by atoms with E-state index >= 15 is 0 Å². The van der Waals surface area contributed by atoms with Gasteiger partial charge in [0.2, 0.25) is 21.8 Å². The highest BCUT2D eigenvalue weighted by molar-refractivity contribution is 7.89. The van der Waals surface area contributed by atoms with Crippen molar-refractivity contribution < 1.29 is 35.5 Å². The van der Waals surface area contributed by atoms with E-state index in [4.69, 9.17) is 4.74 Å². The maximum absolute atomic E-state index is 14.3. The van der Waals surface area contributed by atoms with Crippen LogP contribution in [0.15, 0.2) is 53.7 Å². The highest BCUT2D eigenvalue weighted by Gasteiger charge is 2.44. The van der Waals surface area contributed by atoms with E-state index in [1.54, 1.807) is 6.07 Å². The lowest BCUT2D eigenvalue weighted by atomic mass is 10.1. The van der Waals surface area contributed by atoms with Gasteiger partial charge in [-0.15, -0.1) is 0 Å². The van der Waals surface area contributed by atoms with Crippen LogP contribution in [0.1, 0.15) is 24.7 Å². The van der Waals surface area contributed by atoms with Gasteiger partial charge in [-0.3, -0.25) is 4.79 Å². The van der Waals surface area contributed by atoms with Gasteiger partial charge >= 0.3 is 5.92 Å². The number of amides is 1. The predicted molar refractivity (Wildman–Crippen MR) is 127 cm³/mol. The molecule has 1 saturated heterocycles. The van der Waals surface area contributed by atoms with Crippen molar-refractivity contribution in [3.05, 3.63) is 66.0 Å². The molecule has 4 rings (SSSR count). The molecular formula is C24H23F4N5O4S. The van der Waals surface area contributed by atoms with Gasteiger partial charge in [-0.1, -0.05) is 0 Å². The van der Waals surface area contributed by atoms with Gasteiger partial charge in [-0.2, -0.15) is 13.1 Å². The number of ether oxygens (including phenoxy) is 1. The molecule has 2 aromatic heterocycles. The van der Waals surface area contributed by atoms with Crippen LogP contribution in [0.25, 0.3) is 11.3 Å². The molecule has 9 nitrogen and oxygen atoms in total. The van der Waals surface area contributed by atoms with Crippen LogP contribution in [-0.4, -0.2) is 59.5 Å². The van der Waals surface area contributed by atoms with Crippen LogP contribution in [0.4, 0.5) is 17.6 Å². The fourth-order valence-electron chi connectivity index (χ4n) is 3.91. The van der Waals surface area contributed by atoms with Crippen LogP contribution in [0.2, 0.25) is 0 Å². The lowest BCUT2D eigenvalue weighted by Crippen LogP contribution is -2.45. The summed E-state index contributed by atoms with van der Waals surface area (Å²) in [6.45, 7) is 0.0560. The number of benzene rings is 1. The summed E-state index contributed by atoms with van der Waals surface area (Å²) in [4.78, 5) is 24.3. The molecule has 0 aliphatic carbocycles. The van der Waals surface area contributed by atoms with Crippen molar-refractivity contribution in [1.29, 1.82) is 0 Å². The Labute approximate surface area is 215 Å². The van der Waals surface area contributed by atoms with Crippen molar-refractivity contribution in [2.24, 2.45) is 0 Å². The van der Waals surface area contributed by atoms with Gasteiger partial charge in [-0.05, 0) is 35.9 Å². The monoisotopic (exact) mass is 553 g/mol. The van der Waals surface area contributed by atoms with Gasteiger partial charge < -0.3 is 10.1 Å². The molecule has 0 unspecified atom stereocenters. The summed E-state index contributed by atoms with van der Waals surface area (Å²) < 4.78 is 86.4. The van der Waals surface area contributed by atoms with E-state index in [0.29, 0.717) is 18.1 Å². The average Bonchev–Trinajstić information content (AvgIpc) is 3.29. The second-order valence-corrected chi connectivity index (χ2v) is 10.6. The molecule has 1 fully saturated rings. The number of rotatable bonds is 8. The Bertz CT molecular complexity index is 1420. The van der Waals surface area contributed by atoms with Crippen LogP contribution in [-0.2, 0) is 27.3 Å². The van der Waals surface area contributed by atoms with E-state index in [2.05, 4.69) is 20.3 Å². The first-order chi connectivity index (χ1) is 17.9. The minimum Gasteiger partial charge on any atom is -0.481 e. The number of nitrogens with zero attached hydrogens (tertiary/aromatic N) is 4. The Balaban J connectivity index is 1.52. The number of hydrogen-bond acceptors (Lipinski definition) is 7. The van der Waals surface area contributed by atoms with Gasteiger partial charge in [0.1, 0.15) is 18.0 Å². The van der Waals surface area contributed by atoms with Crippen molar-refractivity contribution in [3.8, 4) is 17.1 Å². The predicted octanol–water partition coefficient (Wildman–Crippen LogP) is 3.22. The smallest absolute Gasteiger partial charge is 0.303 e. The summed E-state index contributed by atoms with van der Waals surface area (Å²) in [5.74, 6) is -5.08. The van der Waals surface area contributed by atoms with Crippen LogP contribution >= 0.6 is 0 Å². The molecule has 1 aliphatic heterocycles. The minimum atomic E-state index is -4.26. The molecule has 0 spiro atoms. The number of hydrogen-bond donors (Lipinski definition) is 1. The molecule has 0 bridgehead atoms. The summed E-state index contributed by atoms with van der Waals surface area (Å²) in [7, 11) is -2.90. The maximum atomic E-state index is 14.3. The van der Waals surface area contributed by atoms with Crippen molar-refractivity contribution in [2.75, 3.05) is 13.7 Å². The first kappa shape index (κ1) is 27.4. The normalized spacial score (nSPS) is 18.4. The number of methoxy groups -OCH3 is 1. The zero-order chi connectivity index (χ0) is 27.7. The second kappa shape index (κ2) is 10.6. The molecule has 14 heteroatoms. The zero-order valence-electron chi connectivity index (χ0n) is 20.2. The van der Waals surface area contributed by atoms with Gasteiger partial charge in [0.15, 0.2) is 5.82 Å². The Kier molecular flexibility index (Phi) is 7.65. The summed E-state index contributed by atoms with van der Waals surface area (Å²) in [6.07, 6.45) is 0.458. The third kappa shape index (κ3) is 5.91. The molecule has 1 N–H and O–H groups in total. The van der Waals surface area contributed by atoms with Crippen LogP contribution in [0.5, 0.6) is 5.88 Å². The van der Waals surface area contributed by atoms with Crippen molar-refractivity contribution in [3.63, 3.8) is 0 Å². The van der Waals surface area contributed by atoms with Crippen molar-refractivity contribution in [2.45, 2.75) is 42.9 Å². The summed E-state index contributed by atoms with van der Waals surface area (Å²) in [5.41, 5.74) is 1.08. The molecule has 1 amide bonds. The third-order valence-corrected chi connectivity index (χ3v) is 7.69.